The zero-order valence-corrected chi connectivity index (χ0v) is 33.8. The fourth-order valence-electron chi connectivity index (χ4n) is 7.45. The molecule has 2 aromatic carbocycles. The third-order valence-electron chi connectivity index (χ3n) is 10.9. The Kier molecular flexibility index (Phi) is 18.2. The van der Waals surface area contributed by atoms with E-state index in [0.29, 0.717) is 74.8 Å². The van der Waals surface area contributed by atoms with E-state index in [1.807, 2.05) is 37.3 Å². The van der Waals surface area contributed by atoms with E-state index in [1.165, 1.54) is 0 Å². The molecule has 316 valence electrons. The maximum Gasteiger partial charge on any atom is 0.323 e. The molecule has 0 unspecified atom stereocenters. The van der Waals surface area contributed by atoms with E-state index in [0.717, 1.165) is 17.5 Å². The molecule has 4 amide bonds. The number of Topliss-reactive ketones (excluding diaryl/α,β-unsaturated/α-hetero) is 2. The number of rotatable bonds is 24. The highest BCUT2D eigenvalue weighted by atomic mass is 16.4. The van der Waals surface area contributed by atoms with Crippen molar-refractivity contribution in [2.45, 2.75) is 116 Å². The summed E-state index contributed by atoms with van der Waals surface area (Å²) in [7, 11) is 0. The number of aromatic nitrogens is 1. The lowest BCUT2D eigenvalue weighted by Crippen LogP contribution is -2.47. The second-order valence-electron chi connectivity index (χ2n) is 15.6. The van der Waals surface area contributed by atoms with Crippen molar-refractivity contribution in [1.82, 2.24) is 15.6 Å². The van der Waals surface area contributed by atoms with Crippen LogP contribution in [0.3, 0.4) is 0 Å². The minimum Gasteiger partial charge on any atom is -0.481 e. The first-order chi connectivity index (χ1) is 28.3. The molecule has 0 aliphatic heterocycles. The predicted molar refractivity (Wildman–Crippen MR) is 223 cm³/mol. The zero-order valence-electron chi connectivity index (χ0n) is 33.8. The van der Waals surface area contributed by atoms with E-state index in [-0.39, 0.29) is 56.6 Å². The van der Waals surface area contributed by atoms with Crippen molar-refractivity contribution in [1.29, 1.82) is 0 Å². The average molecular weight is 812 g/mol. The van der Waals surface area contributed by atoms with Crippen molar-refractivity contribution >= 4 is 52.7 Å². The van der Waals surface area contributed by atoms with Crippen LogP contribution in [0.25, 0.3) is 0 Å². The number of urea groups is 1. The topological polar surface area (TPSA) is 221 Å². The standard InChI is InChI=1S/C45H57N5O9/c1-31-11-3-4-14-37(31)50-44(59)48-35-20-17-32(18-21-35)27-36(51)28-34(13-5-8-26-47-40(53)22-19-33-12-10-25-46-30-33)42(56)49-38(15-9-16-41(54)55)39(52)29-45(43(57)58)23-6-2-7-24-45/h3-4,10-12,14,17-18,20-21,25,30,34,38H,2,5-9,13,15-16,19,22-24,26-29H2,1H3,(H,47,53)(H,49,56)(H,54,55)(H,57,58)(H2,48,50,59)/t34-,38+/m1/s1. The van der Waals surface area contributed by atoms with Crippen molar-refractivity contribution in [2.24, 2.45) is 11.3 Å². The summed E-state index contributed by atoms with van der Waals surface area (Å²) in [6.45, 7) is 2.25. The largest absolute Gasteiger partial charge is 0.481 e. The molecule has 4 rings (SSSR count). The summed E-state index contributed by atoms with van der Waals surface area (Å²) in [5.74, 6) is -4.30. The molecule has 1 fully saturated rings. The number of para-hydroxylation sites is 1. The van der Waals surface area contributed by atoms with Crippen LogP contribution < -0.4 is 21.3 Å². The predicted octanol–water partition coefficient (Wildman–Crippen LogP) is 6.81. The molecular weight excluding hydrogens is 755 g/mol. The lowest BCUT2D eigenvalue weighted by molar-refractivity contribution is -0.154. The first-order valence-electron chi connectivity index (χ1n) is 20.5. The molecule has 0 radical (unpaired) electrons. The number of pyridine rings is 1. The van der Waals surface area contributed by atoms with Crippen LogP contribution in [0, 0.1) is 18.3 Å². The fourth-order valence-corrected chi connectivity index (χ4v) is 7.45. The molecule has 1 aromatic heterocycles. The number of carbonyl (C=O) groups excluding carboxylic acids is 5. The average Bonchev–Trinajstić information content (AvgIpc) is 3.21. The number of nitrogens with zero attached hydrogens (tertiary/aromatic N) is 1. The summed E-state index contributed by atoms with van der Waals surface area (Å²) < 4.78 is 0. The van der Waals surface area contributed by atoms with Crippen molar-refractivity contribution < 1.29 is 43.8 Å². The maximum atomic E-state index is 14.0. The second kappa shape index (κ2) is 23.5. The number of ketones is 2. The summed E-state index contributed by atoms with van der Waals surface area (Å²) in [6, 6.07) is 16.4. The number of unbranched alkanes of at least 4 members (excludes halogenated alkanes) is 1. The van der Waals surface area contributed by atoms with Crippen LogP contribution in [0.1, 0.15) is 107 Å². The molecule has 1 aliphatic rings. The van der Waals surface area contributed by atoms with Crippen molar-refractivity contribution in [3.63, 3.8) is 0 Å². The zero-order chi connectivity index (χ0) is 42.6. The summed E-state index contributed by atoms with van der Waals surface area (Å²) in [5, 5.41) is 30.7. The highest BCUT2D eigenvalue weighted by Gasteiger charge is 2.43. The lowest BCUT2D eigenvalue weighted by Gasteiger charge is -2.34. The van der Waals surface area contributed by atoms with Crippen LogP contribution in [0.15, 0.2) is 73.1 Å². The first kappa shape index (κ1) is 45.8. The summed E-state index contributed by atoms with van der Waals surface area (Å²) in [5.41, 5.74) is 2.49. The normalized spacial score (nSPS) is 14.3. The molecule has 59 heavy (non-hydrogen) atoms. The minimum atomic E-state index is -1.24. The molecule has 1 aliphatic carbocycles. The number of hydrogen-bond acceptors (Lipinski definition) is 8. The molecule has 0 saturated heterocycles. The number of aliphatic carboxylic acids is 2. The van der Waals surface area contributed by atoms with E-state index < -0.39 is 47.0 Å². The highest BCUT2D eigenvalue weighted by molar-refractivity contribution is 6.00. The van der Waals surface area contributed by atoms with Crippen LogP contribution in [0.4, 0.5) is 16.2 Å². The van der Waals surface area contributed by atoms with Gasteiger partial charge in [0.25, 0.3) is 0 Å². The van der Waals surface area contributed by atoms with Gasteiger partial charge in [-0.25, -0.2) is 4.79 Å². The Hall–Kier alpha value is -5.92. The molecule has 0 bridgehead atoms. The van der Waals surface area contributed by atoms with Crippen LogP contribution >= 0.6 is 0 Å². The quantitative estimate of drug-likeness (QED) is 0.0519. The van der Waals surface area contributed by atoms with Crippen molar-refractivity contribution in [3.8, 4) is 0 Å². The summed E-state index contributed by atoms with van der Waals surface area (Å²) in [4.78, 5) is 94.1. The SMILES string of the molecule is Cc1ccccc1NC(=O)Nc1ccc(CC(=O)C[C@@H](CCCCNC(=O)CCc2cccnc2)C(=O)N[C@@H](CCCC(=O)O)C(=O)CC2(C(=O)O)CCCCC2)cc1. The van der Waals surface area contributed by atoms with Crippen molar-refractivity contribution in [3.05, 3.63) is 89.7 Å². The van der Waals surface area contributed by atoms with E-state index in [2.05, 4.69) is 26.3 Å². The number of carboxylic acids is 2. The van der Waals surface area contributed by atoms with Crippen molar-refractivity contribution in [2.75, 3.05) is 17.2 Å². The number of carboxylic acid groups (broad SMARTS) is 2. The molecule has 1 heterocycles. The summed E-state index contributed by atoms with van der Waals surface area (Å²) >= 11 is 0. The molecule has 1 saturated carbocycles. The van der Waals surface area contributed by atoms with E-state index >= 15 is 0 Å². The molecule has 2 atom stereocenters. The molecule has 14 nitrogen and oxygen atoms in total. The Labute approximate surface area is 345 Å². The molecule has 3 aromatic rings. The molecule has 0 spiro atoms. The molecule has 6 N–H and O–H groups in total. The van der Waals surface area contributed by atoms with Gasteiger partial charge in [0, 0.05) is 68.3 Å². The third kappa shape index (κ3) is 15.7. The van der Waals surface area contributed by atoms with Gasteiger partial charge in [0.1, 0.15) is 5.78 Å². The number of anilines is 2. The number of benzene rings is 2. The Morgan fingerprint density at radius 1 is 0.797 bits per heavy atom. The number of aryl methyl sites for hydroxylation is 2. The third-order valence-corrected chi connectivity index (χ3v) is 10.9. The Bertz CT molecular complexity index is 1890. The number of amides is 4. The van der Waals surface area contributed by atoms with Crippen LogP contribution in [0.5, 0.6) is 0 Å². The van der Waals surface area contributed by atoms with Gasteiger partial charge in [-0.15, -0.1) is 0 Å². The smallest absolute Gasteiger partial charge is 0.323 e. The Morgan fingerprint density at radius 3 is 2.22 bits per heavy atom. The summed E-state index contributed by atoms with van der Waals surface area (Å²) in [6.07, 6.45) is 7.90. The van der Waals surface area contributed by atoms with Gasteiger partial charge in [-0.2, -0.15) is 0 Å². The lowest BCUT2D eigenvalue weighted by atomic mass is 9.70. The van der Waals surface area contributed by atoms with Gasteiger partial charge in [0.05, 0.1) is 11.5 Å². The van der Waals surface area contributed by atoms with Gasteiger partial charge in [0.15, 0.2) is 5.78 Å². The molecular formula is C45H57N5O9. The van der Waals surface area contributed by atoms with E-state index in [1.54, 1.807) is 42.7 Å². The number of nitrogens with one attached hydrogen (secondary N) is 4. The van der Waals surface area contributed by atoms with Gasteiger partial charge in [-0.1, -0.05) is 62.1 Å². The van der Waals surface area contributed by atoms with Gasteiger partial charge in [-0.3, -0.25) is 33.8 Å². The Balaban J connectivity index is 1.40. The fraction of sp³-hybridized carbons (Fsp3) is 0.467. The van der Waals surface area contributed by atoms with Gasteiger partial charge in [-0.05, 0) is 92.8 Å². The molecule has 14 heteroatoms. The first-order valence-corrected chi connectivity index (χ1v) is 20.5. The minimum absolute atomic E-state index is 0.00849. The monoisotopic (exact) mass is 811 g/mol. The maximum absolute atomic E-state index is 14.0. The second-order valence-corrected chi connectivity index (χ2v) is 15.6. The van der Waals surface area contributed by atoms with Gasteiger partial charge < -0.3 is 31.5 Å². The number of hydrogen-bond donors (Lipinski definition) is 6. The van der Waals surface area contributed by atoms with E-state index in [9.17, 15) is 43.8 Å². The van der Waals surface area contributed by atoms with Gasteiger partial charge >= 0.3 is 18.0 Å². The van der Waals surface area contributed by atoms with E-state index in [4.69, 9.17) is 0 Å². The van der Waals surface area contributed by atoms with Crippen LogP contribution in [-0.2, 0) is 41.6 Å². The van der Waals surface area contributed by atoms with Crippen LogP contribution in [0.2, 0.25) is 0 Å². The Morgan fingerprint density at radius 2 is 1.54 bits per heavy atom. The van der Waals surface area contributed by atoms with Crippen LogP contribution in [-0.4, -0.2) is 69.1 Å². The highest BCUT2D eigenvalue weighted by Crippen LogP contribution is 2.40. The van der Waals surface area contributed by atoms with Gasteiger partial charge in [0.2, 0.25) is 11.8 Å². The number of carbonyl (C=O) groups is 7.